The summed E-state index contributed by atoms with van der Waals surface area (Å²) in [7, 11) is 0. The smallest absolute Gasteiger partial charge is 0.233 e. The summed E-state index contributed by atoms with van der Waals surface area (Å²) in [6, 6.07) is 7.23. The number of carbonyl (C=O) groups excluding carboxylic acids is 1. The van der Waals surface area contributed by atoms with Gasteiger partial charge in [-0.15, -0.1) is 16.8 Å². The number of nitrogen functional groups attached to an aromatic ring is 1. The van der Waals surface area contributed by atoms with Gasteiger partial charge < -0.3 is 11.2 Å². The topological polar surface area (TPSA) is 85.8 Å². The zero-order valence-electron chi connectivity index (χ0n) is 12.0. The Morgan fingerprint density at radius 3 is 2.95 bits per heavy atom. The molecule has 0 aliphatic carbocycles. The van der Waals surface area contributed by atoms with Crippen molar-refractivity contribution in [3.8, 4) is 11.4 Å². The lowest BCUT2D eigenvalue weighted by Crippen LogP contribution is -2.31. The molecular formula is C14H16ClN5OS. The zero-order valence-corrected chi connectivity index (χ0v) is 13.6. The summed E-state index contributed by atoms with van der Waals surface area (Å²) in [4.78, 5) is 11.8. The SMILES string of the molecule is C=CCNC(=O)C(C)Sc1nnc(-c2ccccc2Cl)n1N. The van der Waals surface area contributed by atoms with Crippen molar-refractivity contribution in [1.29, 1.82) is 0 Å². The van der Waals surface area contributed by atoms with Crippen LogP contribution >= 0.6 is 23.4 Å². The number of thioether (sulfide) groups is 1. The van der Waals surface area contributed by atoms with E-state index in [1.807, 2.05) is 18.2 Å². The molecule has 0 saturated carbocycles. The maximum absolute atomic E-state index is 11.8. The summed E-state index contributed by atoms with van der Waals surface area (Å²) < 4.78 is 1.34. The molecule has 0 spiro atoms. The molecule has 0 bridgehead atoms. The second kappa shape index (κ2) is 7.33. The van der Waals surface area contributed by atoms with Crippen molar-refractivity contribution in [2.75, 3.05) is 12.4 Å². The van der Waals surface area contributed by atoms with Gasteiger partial charge in [0.25, 0.3) is 0 Å². The van der Waals surface area contributed by atoms with E-state index < -0.39 is 0 Å². The molecule has 8 heteroatoms. The number of nitrogens with zero attached hydrogens (tertiary/aromatic N) is 3. The quantitative estimate of drug-likeness (QED) is 0.479. The zero-order chi connectivity index (χ0) is 16.1. The first kappa shape index (κ1) is 16.4. The van der Waals surface area contributed by atoms with Gasteiger partial charge in [0.1, 0.15) is 0 Å². The Balaban J connectivity index is 2.16. The number of carbonyl (C=O) groups is 1. The van der Waals surface area contributed by atoms with Crippen LogP contribution in [0.2, 0.25) is 5.02 Å². The highest BCUT2D eigenvalue weighted by Crippen LogP contribution is 2.28. The molecule has 1 aromatic carbocycles. The van der Waals surface area contributed by atoms with Gasteiger partial charge in [-0.25, -0.2) is 4.68 Å². The minimum atomic E-state index is -0.356. The number of hydrogen-bond donors (Lipinski definition) is 2. The first-order chi connectivity index (χ1) is 10.5. The van der Waals surface area contributed by atoms with Crippen molar-refractivity contribution in [2.45, 2.75) is 17.3 Å². The largest absolute Gasteiger partial charge is 0.352 e. The number of nitrogens with one attached hydrogen (secondary N) is 1. The van der Waals surface area contributed by atoms with E-state index in [9.17, 15) is 4.79 Å². The van der Waals surface area contributed by atoms with Crippen LogP contribution in [0.4, 0.5) is 0 Å². The Morgan fingerprint density at radius 2 is 2.27 bits per heavy atom. The van der Waals surface area contributed by atoms with Crippen LogP contribution in [0.5, 0.6) is 0 Å². The molecule has 1 unspecified atom stereocenters. The summed E-state index contributed by atoms with van der Waals surface area (Å²) in [5.41, 5.74) is 0.690. The highest BCUT2D eigenvalue weighted by molar-refractivity contribution is 8.00. The lowest BCUT2D eigenvalue weighted by atomic mass is 10.2. The molecule has 1 heterocycles. The molecule has 1 atom stereocenters. The minimum Gasteiger partial charge on any atom is -0.352 e. The number of rotatable bonds is 6. The average molecular weight is 338 g/mol. The van der Waals surface area contributed by atoms with E-state index in [0.717, 1.165) is 0 Å². The highest BCUT2D eigenvalue weighted by atomic mass is 35.5. The summed E-state index contributed by atoms with van der Waals surface area (Å²) in [5.74, 6) is 6.35. The van der Waals surface area contributed by atoms with Gasteiger partial charge in [0.05, 0.1) is 10.3 Å². The van der Waals surface area contributed by atoms with Gasteiger partial charge in [0.15, 0.2) is 5.82 Å². The van der Waals surface area contributed by atoms with Crippen molar-refractivity contribution in [3.63, 3.8) is 0 Å². The molecule has 2 aromatic rings. The van der Waals surface area contributed by atoms with Crippen LogP contribution in [0.3, 0.4) is 0 Å². The molecule has 6 nitrogen and oxygen atoms in total. The van der Waals surface area contributed by atoms with E-state index >= 15 is 0 Å². The van der Waals surface area contributed by atoms with E-state index in [4.69, 9.17) is 17.4 Å². The second-order valence-corrected chi connectivity index (χ2v) is 6.17. The molecule has 1 aromatic heterocycles. The lowest BCUT2D eigenvalue weighted by molar-refractivity contribution is -0.120. The molecule has 0 fully saturated rings. The number of benzene rings is 1. The molecule has 2 rings (SSSR count). The molecule has 1 amide bonds. The number of amides is 1. The van der Waals surface area contributed by atoms with Crippen LogP contribution in [0, 0.1) is 0 Å². The standard InChI is InChI=1S/C14H16ClN5OS/c1-3-8-17-13(21)9(2)22-14-19-18-12(20(14)16)10-6-4-5-7-11(10)15/h3-7,9H,1,8,16H2,2H3,(H,17,21). The summed E-state index contributed by atoms with van der Waals surface area (Å²) in [6.45, 7) is 5.75. The third-order valence-electron chi connectivity index (χ3n) is 2.85. The third kappa shape index (κ3) is 3.61. The van der Waals surface area contributed by atoms with Crippen LogP contribution in [-0.2, 0) is 4.79 Å². The van der Waals surface area contributed by atoms with Crippen LogP contribution in [0.25, 0.3) is 11.4 Å². The number of nitrogens with two attached hydrogens (primary N) is 1. The molecule has 0 aliphatic heterocycles. The fourth-order valence-electron chi connectivity index (χ4n) is 1.71. The van der Waals surface area contributed by atoms with Crippen LogP contribution in [0.15, 0.2) is 42.1 Å². The minimum absolute atomic E-state index is 0.118. The van der Waals surface area contributed by atoms with Gasteiger partial charge in [-0.05, 0) is 19.1 Å². The van der Waals surface area contributed by atoms with Gasteiger partial charge in [0.2, 0.25) is 11.1 Å². The van der Waals surface area contributed by atoms with Crippen molar-refractivity contribution in [3.05, 3.63) is 41.9 Å². The van der Waals surface area contributed by atoms with Crippen LogP contribution in [0.1, 0.15) is 6.92 Å². The van der Waals surface area contributed by atoms with Crippen molar-refractivity contribution >= 4 is 29.3 Å². The van der Waals surface area contributed by atoms with Gasteiger partial charge in [-0.1, -0.05) is 41.6 Å². The second-order valence-electron chi connectivity index (χ2n) is 4.45. The van der Waals surface area contributed by atoms with Gasteiger partial charge >= 0.3 is 0 Å². The van der Waals surface area contributed by atoms with Crippen LogP contribution in [-0.4, -0.2) is 32.6 Å². The Kier molecular flexibility index (Phi) is 5.46. The lowest BCUT2D eigenvalue weighted by Gasteiger charge is -2.10. The summed E-state index contributed by atoms with van der Waals surface area (Å²) >= 11 is 7.36. The average Bonchev–Trinajstić information content (AvgIpc) is 2.86. The third-order valence-corrected chi connectivity index (χ3v) is 4.24. The molecule has 22 heavy (non-hydrogen) atoms. The predicted molar refractivity (Wildman–Crippen MR) is 89.1 cm³/mol. The Labute approximate surface area is 137 Å². The van der Waals surface area contributed by atoms with Crippen LogP contribution < -0.4 is 11.2 Å². The highest BCUT2D eigenvalue weighted by Gasteiger charge is 2.20. The molecule has 116 valence electrons. The van der Waals surface area contributed by atoms with E-state index in [-0.39, 0.29) is 11.2 Å². The maximum Gasteiger partial charge on any atom is 0.233 e. The fourth-order valence-corrected chi connectivity index (χ4v) is 2.73. The van der Waals surface area contributed by atoms with Gasteiger partial charge in [-0.2, -0.15) is 0 Å². The van der Waals surface area contributed by atoms with E-state index in [0.29, 0.717) is 28.1 Å². The summed E-state index contributed by atoms with van der Waals surface area (Å²) in [5, 5.41) is 11.4. The normalized spacial score (nSPS) is 11.9. The molecule has 0 saturated heterocycles. The van der Waals surface area contributed by atoms with Crippen molar-refractivity contribution in [2.24, 2.45) is 0 Å². The predicted octanol–water partition coefficient (Wildman–Crippen LogP) is 2.10. The number of aromatic nitrogens is 3. The van der Waals surface area contributed by atoms with Crippen molar-refractivity contribution < 1.29 is 4.79 Å². The number of halogens is 1. The summed E-state index contributed by atoms with van der Waals surface area (Å²) in [6.07, 6.45) is 1.62. The Bertz CT molecular complexity index is 688. The van der Waals surface area contributed by atoms with E-state index in [2.05, 4.69) is 22.1 Å². The number of hydrogen-bond acceptors (Lipinski definition) is 5. The van der Waals surface area contributed by atoms with E-state index in [1.165, 1.54) is 16.4 Å². The first-order valence-corrected chi connectivity index (χ1v) is 7.81. The fraction of sp³-hybridized carbons (Fsp3) is 0.214. The molecular weight excluding hydrogens is 322 g/mol. The monoisotopic (exact) mass is 337 g/mol. The maximum atomic E-state index is 11.8. The van der Waals surface area contributed by atoms with E-state index in [1.54, 1.807) is 19.1 Å². The van der Waals surface area contributed by atoms with Crippen molar-refractivity contribution in [1.82, 2.24) is 20.2 Å². The molecule has 3 N–H and O–H groups in total. The Morgan fingerprint density at radius 1 is 1.55 bits per heavy atom. The first-order valence-electron chi connectivity index (χ1n) is 6.55. The van der Waals surface area contributed by atoms with Gasteiger partial charge in [-0.3, -0.25) is 4.79 Å². The van der Waals surface area contributed by atoms with Gasteiger partial charge in [0, 0.05) is 12.1 Å². The molecule has 0 aliphatic rings. The molecule has 0 radical (unpaired) electrons. The Hall–Kier alpha value is -1.99.